The molecule has 0 amide bonds. The molecule has 0 radical (unpaired) electrons. The summed E-state index contributed by atoms with van der Waals surface area (Å²) in [6.45, 7) is 3.08. The van der Waals surface area contributed by atoms with Crippen molar-refractivity contribution in [1.29, 1.82) is 0 Å². The summed E-state index contributed by atoms with van der Waals surface area (Å²) in [4.78, 5) is 28.9. The molecule has 0 atom stereocenters. The van der Waals surface area contributed by atoms with E-state index in [9.17, 15) is 23.5 Å². The van der Waals surface area contributed by atoms with Crippen molar-refractivity contribution in [1.82, 2.24) is 4.98 Å². The van der Waals surface area contributed by atoms with Crippen LogP contribution < -0.4 is 0 Å². The van der Waals surface area contributed by atoms with Crippen molar-refractivity contribution in [2.24, 2.45) is 5.41 Å². The molecule has 1 heterocycles. The van der Waals surface area contributed by atoms with E-state index in [1.54, 1.807) is 13.8 Å². The van der Waals surface area contributed by atoms with E-state index in [1.807, 2.05) is 0 Å². The number of carbonyl (C=O) groups excluding carboxylic acids is 2. The van der Waals surface area contributed by atoms with Gasteiger partial charge in [0.15, 0.2) is 5.78 Å². The molecule has 6 nitrogen and oxygen atoms in total. The molecule has 8 heteroatoms. The number of hydrogen-bond donors (Lipinski definition) is 1. The first-order chi connectivity index (χ1) is 12.2. The molecule has 0 fully saturated rings. The normalized spacial score (nSPS) is 17.1. The number of ketones is 2. The largest absolute Gasteiger partial charge is 0.511 e. The van der Waals surface area contributed by atoms with Gasteiger partial charge in [-0.25, -0.2) is 13.8 Å². The lowest BCUT2D eigenvalue weighted by atomic mass is 9.75. The maximum Gasteiger partial charge on any atom is 0.280 e. The van der Waals surface area contributed by atoms with Crippen molar-refractivity contribution in [2.45, 2.75) is 39.7 Å². The minimum atomic E-state index is -2.82. The Kier molecular flexibility index (Phi) is 6.20. The molecule has 0 bridgehead atoms. The number of aliphatic hydroxyl groups is 1. The van der Waals surface area contributed by atoms with Gasteiger partial charge in [-0.15, -0.1) is 0 Å². The Labute approximate surface area is 149 Å². The first-order valence-corrected chi connectivity index (χ1v) is 8.05. The van der Waals surface area contributed by atoms with Gasteiger partial charge < -0.3 is 14.6 Å². The quantitative estimate of drug-likeness (QED) is 0.343. The van der Waals surface area contributed by atoms with Crippen LogP contribution in [0.1, 0.15) is 54.9 Å². The first-order valence-electron chi connectivity index (χ1n) is 8.05. The molecule has 1 aromatic heterocycles. The minimum Gasteiger partial charge on any atom is -0.511 e. The number of Topliss-reactive ketones (excluding diaryl/α,β-unsaturated/α-hetero) is 2. The summed E-state index contributed by atoms with van der Waals surface area (Å²) >= 11 is 0. The monoisotopic (exact) mass is 369 g/mol. The van der Waals surface area contributed by atoms with Gasteiger partial charge in [0.05, 0.1) is 12.3 Å². The summed E-state index contributed by atoms with van der Waals surface area (Å²) in [5.41, 5.74) is -1.64. The fourth-order valence-corrected chi connectivity index (χ4v) is 2.69. The summed E-state index contributed by atoms with van der Waals surface area (Å²) in [7, 11) is 1.39. The Morgan fingerprint density at radius 2 is 2.08 bits per heavy atom. The average Bonchev–Trinajstić information content (AvgIpc) is 2.59. The highest BCUT2D eigenvalue weighted by atomic mass is 19.3. The summed E-state index contributed by atoms with van der Waals surface area (Å²) < 4.78 is 35.7. The molecule has 1 aliphatic rings. The van der Waals surface area contributed by atoms with Crippen molar-refractivity contribution in [3.05, 3.63) is 40.4 Å². The number of allylic oxidation sites excluding steroid dienone is 2. The SMILES string of the molecule is COCOCc1nc(C(F)F)ccc1C(=O)C1=C(O)C(C)(C)CCC1=O. The standard InChI is InChI=1S/C18H21F2NO5/c1-18(2)7-6-13(22)14(16(18)24)15(23)10-4-5-11(17(19)20)21-12(10)8-26-9-25-3/h4-5,17,24H,6-9H2,1-3H3. The van der Waals surface area contributed by atoms with Gasteiger partial charge in [-0.05, 0) is 18.6 Å². The van der Waals surface area contributed by atoms with Crippen LogP contribution >= 0.6 is 0 Å². The molecular weight excluding hydrogens is 348 g/mol. The van der Waals surface area contributed by atoms with Crippen LogP contribution in [0.5, 0.6) is 0 Å². The summed E-state index contributed by atoms with van der Waals surface area (Å²) in [6.07, 6.45) is -2.28. The molecule has 0 saturated heterocycles. The van der Waals surface area contributed by atoms with Crippen molar-refractivity contribution < 1.29 is 33.0 Å². The van der Waals surface area contributed by atoms with Crippen LogP contribution in [-0.4, -0.2) is 35.6 Å². The number of ether oxygens (including phenoxy) is 2. The van der Waals surface area contributed by atoms with Crippen molar-refractivity contribution >= 4 is 11.6 Å². The van der Waals surface area contributed by atoms with E-state index in [4.69, 9.17) is 9.47 Å². The van der Waals surface area contributed by atoms with E-state index in [-0.39, 0.29) is 42.4 Å². The summed E-state index contributed by atoms with van der Waals surface area (Å²) in [5.74, 6) is -1.52. The van der Waals surface area contributed by atoms with Gasteiger partial charge >= 0.3 is 0 Å². The van der Waals surface area contributed by atoms with Gasteiger partial charge in [-0.2, -0.15) is 0 Å². The zero-order chi connectivity index (χ0) is 19.5. The highest BCUT2D eigenvalue weighted by Crippen LogP contribution is 2.38. The minimum absolute atomic E-state index is 0.0404. The number of rotatable bonds is 7. The number of halogens is 2. The van der Waals surface area contributed by atoms with Gasteiger partial charge in [-0.1, -0.05) is 13.8 Å². The Balaban J connectivity index is 2.48. The van der Waals surface area contributed by atoms with Gasteiger partial charge in [-0.3, -0.25) is 9.59 Å². The molecule has 0 aromatic carbocycles. The molecule has 1 aromatic rings. The van der Waals surface area contributed by atoms with Crippen LogP contribution in [0.15, 0.2) is 23.5 Å². The second-order valence-corrected chi connectivity index (χ2v) is 6.65. The number of alkyl halides is 2. The number of hydrogen-bond acceptors (Lipinski definition) is 6. The van der Waals surface area contributed by atoms with E-state index in [0.717, 1.165) is 6.07 Å². The maximum absolute atomic E-state index is 12.9. The lowest BCUT2D eigenvalue weighted by Gasteiger charge is -2.29. The van der Waals surface area contributed by atoms with E-state index in [1.165, 1.54) is 13.2 Å². The Morgan fingerprint density at radius 3 is 2.69 bits per heavy atom. The van der Waals surface area contributed by atoms with Gasteiger partial charge in [0, 0.05) is 24.5 Å². The molecule has 1 N–H and O–H groups in total. The molecule has 2 rings (SSSR count). The van der Waals surface area contributed by atoms with Crippen LogP contribution in [-0.2, 0) is 20.9 Å². The Morgan fingerprint density at radius 1 is 1.38 bits per heavy atom. The van der Waals surface area contributed by atoms with E-state index < -0.39 is 29.1 Å². The number of methoxy groups -OCH3 is 1. The topological polar surface area (TPSA) is 85.7 Å². The smallest absolute Gasteiger partial charge is 0.280 e. The number of aliphatic hydroxyl groups excluding tert-OH is 1. The average molecular weight is 369 g/mol. The number of carbonyl (C=O) groups is 2. The predicted molar refractivity (Wildman–Crippen MR) is 87.9 cm³/mol. The molecule has 0 aliphatic heterocycles. The van der Waals surface area contributed by atoms with E-state index in [0.29, 0.717) is 6.42 Å². The first kappa shape index (κ1) is 20.1. The lowest BCUT2D eigenvalue weighted by Crippen LogP contribution is -2.30. The van der Waals surface area contributed by atoms with Crippen LogP contribution in [0.3, 0.4) is 0 Å². The van der Waals surface area contributed by atoms with Gasteiger partial charge in [0.25, 0.3) is 6.43 Å². The van der Waals surface area contributed by atoms with Crippen molar-refractivity contribution in [3.63, 3.8) is 0 Å². The third-order valence-corrected chi connectivity index (χ3v) is 4.26. The Bertz CT molecular complexity index is 743. The second kappa shape index (κ2) is 8.01. The number of pyridine rings is 1. The van der Waals surface area contributed by atoms with Crippen molar-refractivity contribution in [3.8, 4) is 0 Å². The fraction of sp³-hybridized carbons (Fsp3) is 0.500. The molecule has 0 unspecified atom stereocenters. The zero-order valence-corrected chi connectivity index (χ0v) is 14.8. The molecule has 1 aliphatic carbocycles. The van der Waals surface area contributed by atoms with Crippen LogP contribution in [0.4, 0.5) is 8.78 Å². The fourth-order valence-electron chi connectivity index (χ4n) is 2.69. The highest BCUT2D eigenvalue weighted by Gasteiger charge is 2.38. The second-order valence-electron chi connectivity index (χ2n) is 6.65. The Hall–Kier alpha value is -2.19. The van der Waals surface area contributed by atoms with Crippen LogP contribution in [0, 0.1) is 5.41 Å². The molecule has 0 spiro atoms. The zero-order valence-electron chi connectivity index (χ0n) is 14.8. The highest BCUT2D eigenvalue weighted by molar-refractivity contribution is 6.27. The molecule has 142 valence electrons. The third kappa shape index (κ3) is 4.13. The molecule has 26 heavy (non-hydrogen) atoms. The van der Waals surface area contributed by atoms with Crippen LogP contribution in [0.2, 0.25) is 0 Å². The summed E-state index contributed by atoms with van der Waals surface area (Å²) in [6, 6.07) is 2.20. The van der Waals surface area contributed by atoms with Crippen molar-refractivity contribution in [2.75, 3.05) is 13.9 Å². The van der Waals surface area contributed by atoms with E-state index in [2.05, 4.69) is 4.98 Å². The lowest BCUT2D eigenvalue weighted by molar-refractivity contribution is -0.116. The maximum atomic E-state index is 12.9. The number of aromatic nitrogens is 1. The number of nitrogens with zero attached hydrogens (tertiary/aromatic N) is 1. The molecule has 0 saturated carbocycles. The van der Waals surface area contributed by atoms with Crippen LogP contribution in [0.25, 0.3) is 0 Å². The van der Waals surface area contributed by atoms with Gasteiger partial charge in [0.1, 0.15) is 23.8 Å². The summed E-state index contributed by atoms with van der Waals surface area (Å²) in [5, 5.41) is 10.4. The van der Waals surface area contributed by atoms with E-state index >= 15 is 0 Å². The molecular formula is C18H21F2NO5. The van der Waals surface area contributed by atoms with Gasteiger partial charge in [0.2, 0.25) is 5.78 Å². The third-order valence-electron chi connectivity index (χ3n) is 4.26. The predicted octanol–water partition coefficient (Wildman–Crippen LogP) is 3.52.